The summed E-state index contributed by atoms with van der Waals surface area (Å²) in [7, 11) is 0. The van der Waals surface area contributed by atoms with Crippen LogP contribution in [0.25, 0.3) is 0 Å². The molecule has 88 valence electrons. The van der Waals surface area contributed by atoms with Crippen LogP contribution in [0, 0.1) is 11.3 Å². The van der Waals surface area contributed by atoms with Gasteiger partial charge in [0.05, 0.1) is 30.4 Å². The van der Waals surface area contributed by atoms with Crippen LogP contribution in [0.4, 0.5) is 0 Å². The fourth-order valence-corrected chi connectivity index (χ4v) is 1.77. The van der Waals surface area contributed by atoms with E-state index in [1.807, 2.05) is 6.07 Å². The summed E-state index contributed by atoms with van der Waals surface area (Å²) in [5, 5.41) is 8.84. The third-order valence-corrected chi connectivity index (χ3v) is 2.67. The Balaban J connectivity index is 2.28. The van der Waals surface area contributed by atoms with Gasteiger partial charge in [0.1, 0.15) is 11.9 Å². The molecule has 1 unspecified atom stereocenters. The Hall–Kier alpha value is -1.86. The largest absolute Gasteiger partial charge is 0.487 e. The lowest BCUT2D eigenvalue weighted by atomic mass is 10.1. The first-order valence-corrected chi connectivity index (χ1v) is 5.50. The number of ether oxygens (including phenoxy) is 2. The first-order valence-electron chi connectivity index (χ1n) is 5.50. The number of hydrogen-bond donors (Lipinski definition) is 0. The SMILES string of the molecule is CC(=O)c1ccc(C#N)cc1OC1CCOC1. The van der Waals surface area contributed by atoms with Crippen molar-refractivity contribution in [2.45, 2.75) is 19.4 Å². The van der Waals surface area contributed by atoms with E-state index in [4.69, 9.17) is 14.7 Å². The lowest BCUT2D eigenvalue weighted by Crippen LogP contribution is -2.17. The van der Waals surface area contributed by atoms with Crippen LogP contribution in [0.2, 0.25) is 0 Å². The lowest BCUT2D eigenvalue weighted by molar-refractivity contribution is 0.100. The molecule has 0 amide bonds. The second-order valence-electron chi connectivity index (χ2n) is 3.98. The van der Waals surface area contributed by atoms with Crippen LogP contribution in [0.1, 0.15) is 29.3 Å². The molecule has 1 saturated heterocycles. The monoisotopic (exact) mass is 231 g/mol. The van der Waals surface area contributed by atoms with Crippen LogP contribution in [0.15, 0.2) is 18.2 Å². The maximum atomic E-state index is 11.4. The summed E-state index contributed by atoms with van der Waals surface area (Å²) in [4.78, 5) is 11.4. The predicted molar refractivity (Wildman–Crippen MR) is 61.0 cm³/mol. The quantitative estimate of drug-likeness (QED) is 0.746. The number of ketones is 1. The number of benzene rings is 1. The number of nitriles is 1. The van der Waals surface area contributed by atoms with Crippen molar-refractivity contribution in [3.8, 4) is 11.8 Å². The molecule has 1 heterocycles. The highest BCUT2D eigenvalue weighted by Crippen LogP contribution is 2.24. The average Bonchev–Trinajstić information content (AvgIpc) is 2.81. The second-order valence-corrected chi connectivity index (χ2v) is 3.98. The molecule has 0 N–H and O–H groups in total. The fraction of sp³-hybridized carbons (Fsp3) is 0.385. The van der Waals surface area contributed by atoms with Gasteiger partial charge in [0.15, 0.2) is 5.78 Å². The third-order valence-electron chi connectivity index (χ3n) is 2.67. The van der Waals surface area contributed by atoms with E-state index >= 15 is 0 Å². The van der Waals surface area contributed by atoms with Gasteiger partial charge in [0.25, 0.3) is 0 Å². The van der Waals surface area contributed by atoms with Crippen molar-refractivity contribution < 1.29 is 14.3 Å². The van der Waals surface area contributed by atoms with Crippen molar-refractivity contribution >= 4 is 5.78 Å². The number of carbonyl (C=O) groups excluding carboxylic acids is 1. The van der Waals surface area contributed by atoms with E-state index in [2.05, 4.69) is 0 Å². The molecule has 0 aromatic heterocycles. The van der Waals surface area contributed by atoms with Gasteiger partial charge in [0, 0.05) is 6.42 Å². The van der Waals surface area contributed by atoms with Crippen LogP contribution in [-0.2, 0) is 4.74 Å². The molecule has 1 fully saturated rings. The van der Waals surface area contributed by atoms with Gasteiger partial charge < -0.3 is 9.47 Å². The maximum Gasteiger partial charge on any atom is 0.163 e. The first kappa shape index (κ1) is 11.6. The first-order chi connectivity index (χ1) is 8.20. The lowest BCUT2D eigenvalue weighted by Gasteiger charge is -2.14. The Labute approximate surface area is 99.8 Å². The topological polar surface area (TPSA) is 59.3 Å². The third kappa shape index (κ3) is 2.63. The molecule has 0 saturated carbocycles. The summed E-state index contributed by atoms with van der Waals surface area (Å²) in [5.74, 6) is 0.412. The fourth-order valence-electron chi connectivity index (χ4n) is 1.77. The molecular formula is C13H13NO3. The Morgan fingerprint density at radius 1 is 1.59 bits per heavy atom. The maximum absolute atomic E-state index is 11.4. The average molecular weight is 231 g/mol. The van der Waals surface area contributed by atoms with Crippen LogP contribution in [0.5, 0.6) is 5.75 Å². The van der Waals surface area contributed by atoms with Gasteiger partial charge in [-0.25, -0.2) is 0 Å². The zero-order chi connectivity index (χ0) is 12.3. The number of rotatable bonds is 3. The zero-order valence-electron chi connectivity index (χ0n) is 9.60. The zero-order valence-corrected chi connectivity index (χ0v) is 9.60. The summed E-state index contributed by atoms with van der Waals surface area (Å²) >= 11 is 0. The molecule has 1 atom stereocenters. The van der Waals surface area contributed by atoms with E-state index in [0.717, 1.165) is 6.42 Å². The molecule has 1 aromatic rings. The molecule has 1 aliphatic rings. The van der Waals surface area contributed by atoms with Gasteiger partial charge in [0.2, 0.25) is 0 Å². The molecule has 4 nitrogen and oxygen atoms in total. The summed E-state index contributed by atoms with van der Waals surface area (Å²) in [6.07, 6.45) is 0.788. The Kier molecular flexibility index (Phi) is 3.40. The minimum Gasteiger partial charge on any atom is -0.487 e. The predicted octanol–water partition coefficient (Wildman–Crippen LogP) is 1.93. The van der Waals surface area contributed by atoms with E-state index in [1.54, 1.807) is 18.2 Å². The van der Waals surface area contributed by atoms with Crippen LogP contribution < -0.4 is 4.74 Å². The van der Waals surface area contributed by atoms with Gasteiger partial charge in [-0.1, -0.05) is 0 Å². The van der Waals surface area contributed by atoms with E-state index in [1.165, 1.54) is 6.92 Å². The van der Waals surface area contributed by atoms with Gasteiger partial charge >= 0.3 is 0 Å². The Bertz CT molecular complexity index is 470. The molecule has 0 bridgehead atoms. The number of hydrogen-bond acceptors (Lipinski definition) is 4. The molecule has 0 aliphatic carbocycles. The Morgan fingerprint density at radius 3 is 3.00 bits per heavy atom. The highest BCUT2D eigenvalue weighted by atomic mass is 16.5. The molecular weight excluding hydrogens is 218 g/mol. The molecule has 1 aromatic carbocycles. The van der Waals surface area contributed by atoms with Gasteiger partial charge in [-0.15, -0.1) is 0 Å². The van der Waals surface area contributed by atoms with Crippen molar-refractivity contribution in [1.82, 2.24) is 0 Å². The van der Waals surface area contributed by atoms with Crippen molar-refractivity contribution in [2.24, 2.45) is 0 Å². The van der Waals surface area contributed by atoms with Crippen molar-refractivity contribution in [3.05, 3.63) is 29.3 Å². The molecule has 0 radical (unpaired) electrons. The summed E-state index contributed by atoms with van der Waals surface area (Å²) in [5.41, 5.74) is 1.000. The van der Waals surface area contributed by atoms with Crippen LogP contribution in [0.3, 0.4) is 0 Å². The second kappa shape index (κ2) is 4.98. The standard InChI is InChI=1S/C13H13NO3/c1-9(15)12-3-2-10(7-14)6-13(12)17-11-4-5-16-8-11/h2-3,6,11H,4-5,8H2,1H3. The minimum absolute atomic E-state index is 0.0259. The van der Waals surface area contributed by atoms with Gasteiger partial charge in [-0.2, -0.15) is 5.26 Å². The molecule has 4 heteroatoms. The van der Waals surface area contributed by atoms with Crippen molar-refractivity contribution in [3.63, 3.8) is 0 Å². The van der Waals surface area contributed by atoms with Crippen LogP contribution >= 0.6 is 0 Å². The molecule has 2 rings (SSSR count). The highest BCUT2D eigenvalue weighted by Gasteiger charge is 2.19. The summed E-state index contributed by atoms with van der Waals surface area (Å²) in [6.45, 7) is 2.70. The normalized spacial score (nSPS) is 18.7. The number of carbonyl (C=O) groups is 1. The highest BCUT2D eigenvalue weighted by molar-refractivity contribution is 5.97. The van der Waals surface area contributed by atoms with E-state index in [-0.39, 0.29) is 11.9 Å². The smallest absolute Gasteiger partial charge is 0.163 e. The number of nitrogens with zero attached hydrogens (tertiary/aromatic N) is 1. The van der Waals surface area contributed by atoms with Crippen molar-refractivity contribution in [2.75, 3.05) is 13.2 Å². The van der Waals surface area contributed by atoms with Gasteiger partial charge in [-0.05, 0) is 25.1 Å². The van der Waals surface area contributed by atoms with E-state index in [9.17, 15) is 4.79 Å². The van der Waals surface area contributed by atoms with Gasteiger partial charge in [-0.3, -0.25) is 4.79 Å². The van der Waals surface area contributed by atoms with Crippen LogP contribution in [-0.4, -0.2) is 25.1 Å². The van der Waals surface area contributed by atoms with E-state index in [0.29, 0.717) is 30.1 Å². The Morgan fingerprint density at radius 2 is 2.41 bits per heavy atom. The molecule has 0 spiro atoms. The minimum atomic E-state index is -0.0663. The van der Waals surface area contributed by atoms with E-state index < -0.39 is 0 Å². The summed E-state index contributed by atoms with van der Waals surface area (Å²) < 4.78 is 10.9. The molecule has 17 heavy (non-hydrogen) atoms. The van der Waals surface area contributed by atoms with Crippen molar-refractivity contribution in [1.29, 1.82) is 5.26 Å². The summed E-state index contributed by atoms with van der Waals surface area (Å²) in [6, 6.07) is 6.89. The number of Topliss-reactive ketones (excluding diaryl/α,β-unsaturated/α-hetero) is 1. The molecule has 1 aliphatic heterocycles.